The van der Waals surface area contributed by atoms with Gasteiger partial charge in [0.05, 0.1) is 9.13 Å². The van der Waals surface area contributed by atoms with Gasteiger partial charge in [0.25, 0.3) is 5.91 Å². The minimum atomic E-state index is -0.379. The van der Waals surface area contributed by atoms with Gasteiger partial charge < -0.3 is 10.4 Å². The number of halogens is 2. The maximum atomic E-state index is 12.3. The van der Waals surface area contributed by atoms with Gasteiger partial charge in [0.1, 0.15) is 5.75 Å². The number of benzene rings is 1. The lowest BCUT2D eigenvalue weighted by atomic mass is 9.92. The van der Waals surface area contributed by atoms with Crippen molar-refractivity contribution in [2.75, 3.05) is 5.32 Å². The van der Waals surface area contributed by atoms with Crippen LogP contribution in [0.5, 0.6) is 5.75 Å². The van der Waals surface area contributed by atoms with Gasteiger partial charge in [0.15, 0.2) is 5.82 Å². The van der Waals surface area contributed by atoms with Crippen molar-refractivity contribution in [2.45, 2.75) is 26.2 Å². The summed E-state index contributed by atoms with van der Waals surface area (Å²) < 4.78 is 1.53. The molecule has 0 atom stereocenters. The van der Waals surface area contributed by atoms with Crippen molar-refractivity contribution in [1.29, 1.82) is 0 Å². The predicted molar refractivity (Wildman–Crippen MR) is 98.8 cm³/mol. The third kappa shape index (κ3) is 3.87. The van der Waals surface area contributed by atoms with E-state index in [1.54, 1.807) is 18.2 Å². The SMILES string of the molecule is CC(C)(C)c1cc(NC(=O)c2cc(I)cc(I)c2O)n[nH]1. The lowest BCUT2D eigenvalue weighted by molar-refractivity contribution is 0.102. The normalized spacial score (nSPS) is 11.5. The number of hydrogen-bond donors (Lipinski definition) is 3. The van der Waals surface area contributed by atoms with E-state index in [0.29, 0.717) is 9.39 Å². The maximum Gasteiger partial charge on any atom is 0.260 e. The Hall–Kier alpha value is -0.840. The molecule has 0 aliphatic rings. The number of aromatic hydroxyl groups is 1. The van der Waals surface area contributed by atoms with E-state index in [9.17, 15) is 9.90 Å². The van der Waals surface area contributed by atoms with E-state index >= 15 is 0 Å². The Bertz CT molecular complexity index is 690. The second kappa shape index (κ2) is 6.11. The number of carbonyl (C=O) groups is 1. The fourth-order valence-corrected chi connectivity index (χ4v) is 3.54. The molecule has 0 aliphatic heterocycles. The van der Waals surface area contributed by atoms with Crippen LogP contribution in [0.15, 0.2) is 18.2 Å². The molecule has 1 aromatic heterocycles. The van der Waals surface area contributed by atoms with Crippen LogP contribution in [-0.4, -0.2) is 21.2 Å². The van der Waals surface area contributed by atoms with Gasteiger partial charge in [-0.15, -0.1) is 0 Å². The molecule has 1 heterocycles. The average Bonchev–Trinajstić information content (AvgIpc) is 2.82. The summed E-state index contributed by atoms with van der Waals surface area (Å²) in [4.78, 5) is 12.3. The van der Waals surface area contributed by atoms with Crippen LogP contribution in [-0.2, 0) is 5.41 Å². The Morgan fingerprint density at radius 1 is 1.29 bits per heavy atom. The molecule has 3 N–H and O–H groups in total. The van der Waals surface area contributed by atoms with E-state index in [2.05, 4.69) is 58.9 Å². The van der Waals surface area contributed by atoms with Crippen LogP contribution < -0.4 is 5.32 Å². The Labute approximate surface area is 150 Å². The first-order valence-corrected chi connectivity index (χ1v) is 8.39. The van der Waals surface area contributed by atoms with Gasteiger partial charge in [-0.1, -0.05) is 20.8 Å². The van der Waals surface area contributed by atoms with E-state index in [1.165, 1.54) is 0 Å². The Morgan fingerprint density at radius 2 is 1.95 bits per heavy atom. The highest BCUT2D eigenvalue weighted by atomic mass is 127. The van der Waals surface area contributed by atoms with Gasteiger partial charge in [-0.2, -0.15) is 5.10 Å². The number of phenolic OH excluding ortho intramolecular Hbond substituents is 1. The monoisotopic (exact) mass is 511 g/mol. The number of aromatic amines is 1. The molecule has 0 aliphatic carbocycles. The van der Waals surface area contributed by atoms with E-state index in [1.807, 2.05) is 22.6 Å². The van der Waals surface area contributed by atoms with Crippen LogP contribution in [0.25, 0.3) is 0 Å². The summed E-state index contributed by atoms with van der Waals surface area (Å²) in [6, 6.07) is 5.25. The number of H-pyrrole nitrogens is 1. The zero-order chi connectivity index (χ0) is 15.8. The van der Waals surface area contributed by atoms with Gasteiger partial charge in [-0.3, -0.25) is 9.89 Å². The number of nitrogens with zero attached hydrogens (tertiary/aromatic N) is 1. The zero-order valence-corrected chi connectivity index (χ0v) is 16.1. The summed E-state index contributed by atoms with van der Waals surface area (Å²) in [5.41, 5.74) is 1.10. The highest BCUT2D eigenvalue weighted by Crippen LogP contribution is 2.28. The van der Waals surface area contributed by atoms with Crippen molar-refractivity contribution in [1.82, 2.24) is 10.2 Å². The molecule has 2 rings (SSSR count). The van der Waals surface area contributed by atoms with Crippen molar-refractivity contribution in [3.8, 4) is 5.75 Å². The van der Waals surface area contributed by atoms with Gasteiger partial charge in [0.2, 0.25) is 0 Å². The average molecular weight is 511 g/mol. The largest absolute Gasteiger partial charge is 0.506 e. The molecule has 5 nitrogen and oxygen atoms in total. The number of rotatable bonds is 2. The van der Waals surface area contributed by atoms with Crippen LogP contribution in [0.3, 0.4) is 0 Å². The van der Waals surface area contributed by atoms with E-state index in [-0.39, 0.29) is 22.6 Å². The third-order valence-electron chi connectivity index (χ3n) is 2.90. The summed E-state index contributed by atoms with van der Waals surface area (Å²) in [7, 11) is 0. The second-order valence-electron chi connectivity index (χ2n) is 5.65. The third-order valence-corrected chi connectivity index (χ3v) is 4.35. The van der Waals surface area contributed by atoms with Crippen LogP contribution >= 0.6 is 45.2 Å². The molecule has 0 unspecified atom stereocenters. The van der Waals surface area contributed by atoms with Gasteiger partial charge in [0, 0.05) is 20.7 Å². The molecule has 0 spiro atoms. The van der Waals surface area contributed by atoms with Crippen molar-refractivity contribution >= 4 is 56.9 Å². The van der Waals surface area contributed by atoms with Crippen LogP contribution in [0.1, 0.15) is 36.8 Å². The summed E-state index contributed by atoms with van der Waals surface area (Å²) in [5, 5.41) is 19.7. The smallest absolute Gasteiger partial charge is 0.260 e. The first-order valence-electron chi connectivity index (χ1n) is 6.23. The van der Waals surface area contributed by atoms with E-state index < -0.39 is 0 Å². The number of aromatic nitrogens is 2. The highest BCUT2D eigenvalue weighted by Gasteiger charge is 2.19. The number of amides is 1. The summed E-state index contributed by atoms with van der Waals surface area (Å²) in [6.07, 6.45) is 0. The fourth-order valence-electron chi connectivity index (χ4n) is 1.69. The topological polar surface area (TPSA) is 78.0 Å². The standard InChI is InChI=1S/C14H15I2N3O2/c1-14(2,3)10-6-11(19-18-10)17-13(21)8-4-7(15)5-9(16)12(8)20/h4-6,20H,1-3H3,(H2,17,18,19,21). The highest BCUT2D eigenvalue weighted by molar-refractivity contribution is 14.1. The molecular weight excluding hydrogens is 496 g/mol. The molecular formula is C14H15I2N3O2. The lowest BCUT2D eigenvalue weighted by Crippen LogP contribution is -2.13. The predicted octanol–water partition coefficient (Wildman–Crippen LogP) is 3.87. The molecule has 112 valence electrons. The van der Waals surface area contributed by atoms with Gasteiger partial charge in [-0.05, 0) is 57.3 Å². The number of anilines is 1. The number of phenols is 1. The molecule has 0 saturated carbocycles. The van der Waals surface area contributed by atoms with Crippen molar-refractivity contribution < 1.29 is 9.90 Å². The van der Waals surface area contributed by atoms with Crippen molar-refractivity contribution in [2.24, 2.45) is 0 Å². The molecule has 0 fully saturated rings. The molecule has 1 aromatic carbocycles. The quantitative estimate of drug-likeness (QED) is 0.537. The van der Waals surface area contributed by atoms with Gasteiger partial charge >= 0.3 is 0 Å². The molecule has 0 bridgehead atoms. The number of nitrogens with one attached hydrogen (secondary N) is 2. The molecule has 1 amide bonds. The Balaban J connectivity index is 2.25. The Kier molecular flexibility index (Phi) is 4.81. The lowest BCUT2D eigenvalue weighted by Gasteiger charge is -2.14. The van der Waals surface area contributed by atoms with Gasteiger partial charge in [-0.25, -0.2) is 0 Å². The molecule has 2 aromatic rings. The number of hydrogen-bond acceptors (Lipinski definition) is 3. The van der Waals surface area contributed by atoms with Crippen LogP contribution in [0, 0.1) is 7.14 Å². The zero-order valence-electron chi connectivity index (χ0n) is 11.8. The summed E-state index contributed by atoms with van der Waals surface area (Å²) in [5.74, 6) is 0.0502. The number of carbonyl (C=O) groups excluding carboxylic acids is 1. The van der Waals surface area contributed by atoms with Crippen LogP contribution in [0.2, 0.25) is 0 Å². The van der Waals surface area contributed by atoms with Crippen molar-refractivity contribution in [3.63, 3.8) is 0 Å². The molecule has 7 heteroatoms. The minimum absolute atomic E-state index is 0.0138. The van der Waals surface area contributed by atoms with E-state index in [0.717, 1.165) is 9.26 Å². The fraction of sp³-hybridized carbons (Fsp3) is 0.286. The molecule has 21 heavy (non-hydrogen) atoms. The minimum Gasteiger partial charge on any atom is -0.506 e. The molecule has 0 saturated heterocycles. The Morgan fingerprint density at radius 3 is 2.52 bits per heavy atom. The van der Waals surface area contributed by atoms with Crippen LogP contribution in [0.4, 0.5) is 5.82 Å². The first-order chi connectivity index (χ1) is 9.68. The summed E-state index contributed by atoms with van der Waals surface area (Å²) >= 11 is 4.11. The second-order valence-corrected chi connectivity index (χ2v) is 8.06. The maximum absolute atomic E-state index is 12.3. The van der Waals surface area contributed by atoms with Crippen molar-refractivity contribution in [3.05, 3.63) is 36.6 Å². The molecule has 0 radical (unpaired) electrons. The summed E-state index contributed by atoms with van der Waals surface area (Å²) in [6.45, 7) is 6.17. The first kappa shape index (κ1) is 16.5. The van der Waals surface area contributed by atoms with E-state index in [4.69, 9.17) is 0 Å².